The Balaban J connectivity index is 1.38. The number of likely N-dealkylation sites (tertiary alicyclic amines) is 1. The molecule has 5 heteroatoms. The highest BCUT2D eigenvalue weighted by Crippen LogP contribution is 2.25. The Kier molecular flexibility index (Phi) is 5.97. The van der Waals surface area contributed by atoms with E-state index in [2.05, 4.69) is 22.3 Å². The fourth-order valence-electron chi connectivity index (χ4n) is 3.72. The first kappa shape index (κ1) is 18.2. The van der Waals surface area contributed by atoms with Gasteiger partial charge in [0.05, 0.1) is 7.11 Å². The Morgan fingerprint density at radius 1 is 1.32 bits per heavy atom. The van der Waals surface area contributed by atoms with Gasteiger partial charge in [-0.25, -0.2) is 0 Å². The Morgan fingerprint density at radius 3 is 2.64 bits per heavy atom. The summed E-state index contributed by atoms with van der Waals surface area (Å²) >= 11 is 0. The number of nitrogens with zero attached hydrogens (tertiary/aromatic N) is 1. The molecule has 1 aromatic rings. The minimum Gasteiger partial charge on any atom is -0.497 e. The first-order chi connectivity index (χ1) is 12.1. The molecule has 25 heavy (non-hydrogen) atoms. The Morgan fingerprint density at radius 2 is 2.04 bits per heavy atom. The number of hydrogen-bond acceptors (Lipinski definition) is 4. The van der Waals surface area contributed by atoms with E-state index in [0.29, 0.717) is 12.5 Å². The van der Waals surface area contributed by atoms with Crippen molar-refractivity contribution in [1.29, 1.82) is 0 Å². The summed E-state index contributed by atoms with van der Waals surface area (Å²) in [7, 11) is 1.69. The van der Waals surface area contributed by atoms with Gasteiger partial charge < -0.3 is 14.8 Å². The molecule has 3 rings (SSSR count). The van der Waals surface area contributed by atoms with Gasteiger partial charge in [-0.1, -0.05) is 12.1 Å². The topological polar surface area (TPSA) is 50.8 Å². The summed E-state index contributed by atoms with van der Waals surface area (Å²) < 4.78 is 10.8. The monoisotopic (exact) mass is 346 g/mol. The molecule has 1 amide bonds. The lowest BCUT2D eigenvalue weighted by molar-refractivity contribution is -0.139. The number of nitrogens with one attached hydrogen (secondary N) is 1. The molecule has 0 spiro atoms. The van der Waals surface area contributed by atoms with E-state index in [-0.39, 0.29) is 5.91 Å². The maximum Gasteiger partial charge on any atom is 0.251 e. The number of benzene rings is 1. The second-order valence-corrected chi connectivity index (χ2v) is 7.46. The maximum atomic E-state index is 12.3. The quantitative estimate of drug-likeness (QED) is 0.860. The minimum atomic E-state index is -0.602. The van der Waals surface area contributed by atoms with Gasteiger partial charge in [0.25, 0.3) is 5.91 Å². The fourth-order valence-corrected chi connectivity index (χ4v) is 3.72. The summed E-state index contributed by atoms with van der Waals surface area (Å²) in [6, 6.07) is 8.30. The van der Waals surface area contributed by atoms with Gasteiger partial charge in [-0.15, -0.1) is 0 Å². The van der Waals surface area contributed by atoms with Crippen LogP contribution in [-0.4, -0.2) is 49.8 Å². The highest BCUT2D eigenvalue weighted by molar-refractivity contribution is 5.84. The molecule has 0 saturated carbocycles. The van der Waals surface area contributed by atoms with E-state index >= 15 is 0 Å². The van der Waals surface area contributed by atoms with Gasteiger partial charge in [-0.05, 0) is 69.3 Å². The van der Waals surface area contributed by atoms with Crippen LogP contribution in [0.1, 0.15) is 38.2 Å². The minimum absolute atomic E-state index is 0.0608. The number of methoxy groups -OCH3 is 1. The van der Waals surface area contributed by atoms with Gasteiger partial charge in [0, 0.05) is 19.7 Å². The van der Waals surface area contributed by atoms with Crippen LogP contribution in [0.15, 0.2) is 24.3 Å². The van der Waals surface area contributed by atoms with E-state index in [1.165, 1.54) is 5.56 Å². The van der Waals surface area contributed by atoms with Crippen LogP contribution >= 0.6 is 0 Å². The van der Waals surface area contributed by atoms with Crippen molar-refractivity contribution in [3.05, 3.63) is 29.8 Å². The lowest BCUT2D eigenvalue weighted by Crippen LogP contribution is -2.46. The average Bonchev–Trinajstić information content (AvgIpc) is 3.09. The molecule has 0 aliphatic carbocycles. The zero-order valence-corrected chi connectivity index (χ0v) is 15.4. The van der Waals surface area contributed by atoms with Crippen molar-refractivity contribution in [2.24, 2.45) is 5.92 Å². The van der Waals surface area contributed by atoms with E-state index in [4.69, 9.17) is 9.47 Å². The van der Waals surface area contributed by atoms with Crippen molar-refractivity contribution in [2.45, 2.75) is 44.8 Å². The van der Waals surface area contributed by atoms with Gasteiger partial charge in [0.1, 0.15) is 11.4 Å². The van der Waals surface area contributed by atoms with Gasteiger partial charge >= 0.3 is 0 Å². The molecule has 1 N–H and O–H groups in total. The summed E-state index contributed by atoms with van der Waals surface area (Å²) in [4.78, 5) is 14.8. The first-order valence-corrected chi connectivity index (χ1v) is 9.36. The number of ether oxygens (including phenoxy) is 2. The van der Waals surface area contributed by atoms with E-state index in [1.54, 1.807) is 7.11 Å². The van der Waals surface area contributed by atoms with Crippen LogP contribution in [0.3, 0.4) is 0 Å². The zero-order valence-electron chi connectivity index (χ0n) is 15.4. The lowest BCUT2D eigenvalue weighted by atomic mass is 9.95. The molecular formula is C20H30N2O3. The Hall–Kier alpha value is -1.59. The highest BCUT2D eigenvalue weighted by atomic mass is 16.5. The second kappa shape index (κ2) is 8.19. The summed E-state index contributed by atoms with van der Waals surface area (Å²) in [5, 5.41) is 3.12. The first-order valence-electron chi connectivity index (χ1n) is 9.36. The van der Waals surface area contributed by atoms with E-state index in [1.807, 2.05) is 19.1 Å². The molecule has 2 aliphatic rings. The van der Waals surface area contributed by atoms with Crippen molar-refractivity contribution in [2.75, 3.05) is 33.4 Å². The summed E-state index contributed by atoms with van der Waals surface area (Å²) in [6.45, 7) is 6.53. The van der Waals surface area contributed by atoms with E-state index in [0.717, 1.165) is 57.6 Å². The van der Waals surface area contributed by atoms with Crippen LogP contribution in [0.5, 0.6) is 5.75 Å². The molecule has 2 heterocycles. The molecule has 1 atom stereocenters. The van der Waals surface area contributed by atoms with Gasteiger partial charge in [-0.3, -0.25) is 9.69 Å². The molecule has 2 saturated heterocycles. The Bertz CT molecular complexity index is 559. The van der Waals surface area contributed by atoms with E-state index < -0.39 is 5.60 Å². The summed E-state index contributed by atoms with van der Waals surface area (Å²) in [5.74, 6) is 1.53. The Labute approximate surface area is 150 Å². The average molecular weight is 346 g/mol. The third-order valence-corrected chi connectivity index (χ3v) is 5.52. The van der Waals surface area contributed by atoms with Gasteiger partial charge in [-0.2, -0.15) is 0 Å². The number of rotatable bonds is 6. The fraction of sp³-hybridized carbons (Fsp3) is 0.650. The van der Waals surface area contributed by atoms with Crippen molar-refractivity contribution < 1.29 is 14.3 Å². The number of carbonyl (C=O) groups is 1. The molecule has 5 nitrogen and oxygen atoms in total. The molecule has 0 aromatic heterocycles. The van der Waals surface area contributed by atoms with Crippen LogP contribution in [-0.2, 0) is 16.1 Å². The third kappa shape index (κ3) is 4.73. The standard InChI is InChI=1S/C20H30N2O3/c1-20(10-3-13-25-20)19(23)21-14-16-8-11-22(12-9-16)15-17-4-6-18(24-2)7-5-17/h4-7,16H,3,8-15H2,1-2H3,(H,21,23). The number of hydrogen-bond donors (Lipinski definition) is 1. The summed E-state index contributed by atoms with van der Waals surface area (Å²) in [6.07, 6.45) is 4.08. The largest absolute Gasteiger partial charge is 0.497 e. The van der Waals surface area contributed by atoms with Crippen LogP contribution in [0.25, 0.3) is 0 Å². The molecule has 1 aromatic carbocycles. The molecule has 2 fully saturated rings. The van der Waals surface area contributed by atoms with Crippen LogP contribution in [0, 0.1) is 5.92 Å². The zero-order chi connectivity index (χ0) is 17.7. The molecule has 138 valence electrons. The molecule has 0 radical (unpaired) electrons. The second-order valence-electron chi connectivity index (χ2n) is 7.46. The predicted molar refractivity (Wildman–Crippen MR) is 97.6 cm³/mol. The van der Waals surface area contributed by atoms with E-state index in [9.17, 15) is 4.79 Å². The molecule has 0 bridgehead atoms. The third-order valence-electron chi connectivity index (χ3n) is 5.52. The number of piperidine rings is 1. The SMILES string of the molecule is COc1ccc(CN2CCC(CNC(=O)C3(C)CCCO3)CC2)cc1. The highest BCUT2D eigenvalue weighted by Gasteiger charge is 2.37. The van der Waals surface area contributed by atoms with Crippen molar-refractivity contribution in [1.82, 2.24) is 10.2 Å². The normalized spacial score (nSPS) is 25.0. The smallest absolute Gasteiger partial charge is 0.251 e. The van der Waals surface area contributed by atoms with Gasteiger partial charge in [0.15, 0.2) is 0 Å². The van der Waals surface area contributed by atoms with Crippen LogP contribution in [0.4, 0.5) is 0 Å². The van der Waals surface area contributed by atoms with Crippen molar-refractivity contribution in [3.8, 4) is 5.75 Å². The predicted octanol–water partition coefficient (Wildman–Crippen LogP) is 2.59. The van der Waals surface area contributed by atoms with Crippen LogP contribution in [0.2, 0.25) is 0 Å². The lowest BCUT2D eigenvalue weighted by Gasteiger charge is -2.32. The van der Waals surface area contributed by atoms with Gasteiger partial charge in [0.2, 0.25) is 0 Å². The van der Waals surface area contributed by atoms with Crippen LogP contribution < -0.4 is 10.1 Å². The number of amides is 1. The van der Waals surface area contributed by atoms with Crippen molar-refractivity contribution >= 4 is 5.91 Å². The number of carbonyl (C=O) groups excluding carboxylic acids is 1. The molecule has 2 aliphatic heterocycles. The van der Waals surface area contributed by atoms with Crippen molar-refractivity contribution in [3.63, 3.8) is 0 Å². The summed E-state index contributed by atoms with van der Waals surface area (Å²) in [5.41, 5.74) is 0.716. The molecule has 1 unspecified atom stereocenters. The molecular weight excluding hydrogens is 316 g/mol. The maximum absolute atomic E-state index is 12.3.